The number of carbonyl (C=O) groups is 1. The third kappa shape index (κ3) is 5.15. The van der Waals surface area contributed by atoms with E-state index in [2.05, 4.69) is 18.0 Å². The second-order valence-electron chi connectivity index (χ2n) is 4.75. The molecule has 0 aliphatic heterocycles. The van der Waals surface area contributed by atoms with Gasteiger partial charge in [-0.05, 0) is 30.4 Å². The Bertz CT molecular complexity index is 496. The van der Waals surface area contributed by atoms with Gasteiger partial charge in [0, 0.05) is 0 Å². The maximum absolute atomic E-state index is 11.7. The number of hydrogen-bond acceptors (Lipinski definition) is 2. The van der Waals surface area contributed by atoms with Gasteiger partial charge >= 0.3 is 16.2 Å². The van der Waals surface area contributed by atoms with Crippen molar-refractivity contribution >= 4 is 26.8 Å². The number of carbonyl (C=O) groups excluding carboxylic acids is 1. The van der Waals surface area contributed by atoms with E-state index in [9.17, 15) is 4.79 Å². The Morgan fingerprint density at radius 1 is 1.37 bits per heavy atom. The van der Waals surface area contributed by atoms with Gasteiger partial charge in [-0.15, -0.1) is 0 Å². The van der Waals surface area contributed by atoms with Crippen LogP contribution in [0, 0.1) is 5.92 Å². The second-order valence-corrected chi connectivity index (χ2v) is 6.29. The van der Waals surface area contributed by atoms with Crippen molar-refractivity contribution in [3.05, 3.63) is 40.9 Å². The lowest BCUT2D eigenvalue weighted by Gasteiger charge is -2.10. The molecule has 1 rings (SSSR count). The Hall–Kier alpha value is -1.16. The molecule has 0 heterocycles. The zero-order valence-electron chi connectivity index (χ0n) is 11.2. The van der Waals surface area contributed by atoms with Gasteiger partial charge in [-0.25, -0.2) is 0 Å². The quantitative estimate of drug-likeness (QED) is 0.617. The molecule has 0 aliphatic rings. The predicted octanol–water partition coefficient (Wildman–Crippen LogP) is 3.49. The van der Waals surface area contributed by atoms with Gasteiger partial charge in [0.15, 0.2) is 0 Å². The molecule has 0 spiro atoms. The molecule has 0 fully saturated rings. The highest BCUT2D eigenvalue weighted by molar-refractivity contribution is 8.06. The number of halogens is 1. The molecule has 0 saturated heterocycles. The molecule has 1 aromatic rings. The summed E-state index contributed by atoms with van der Waals surface area (Å²) < 4.78 is 7.45. The normalized spacial score (nSPS) is 13.7. The fourth-order valence-corrected chi connectivity index (χ4v) is 2.21. The van der Waals surface area contributed by atoms with Gasteiger partial charge in [-0.3, -0.25) is 4.79 Å². The van der Waals surface area contributed by atoms with E-state index in [1.54, 1.807) is 6.92 Å². The summed E-state index contributed by atoms with van der Waals surface area (Å²) in [4.78, 5) is 11.7. The fraction of sp³-hybridized carbons (Fsp3) is 0.462. The minimum absolute atomic E-state index is 0.441. The lowest BCUT2D eigenvalue weighted by molar-refractivity contribution is -0.134. The summed E-state index contributed by atoms with van der Waals surface area (Å²) in [6.07, 6.45) is 1.01. The molecule has 0 amide bonds. The molecule has 2 atom stereocenters. The molecular formula is C13H17ClN2O2S. The number of rotatable bonds is 5. The van der Waals surface area contributed by atoms with Gasteiger partial charge in [-0.1, -0.05) is 42.3 Å². The highest BCUT2D eigenvalue weighted by Crippen LogP contribution is 2.19. The van der Waals surface area contributed by atoms with Gasteiger partial charge in [0.05, 0.1) is 16.6 Å². The molecule has 0 aromatic heterocycles. The minimum atomic E-state index is -1.61. The van der Waals surface area contributed by atoms with E-state index in [0.29, 0.717) is 5.92 Å². The van der Waals surface area contributed by atoms with Crippen molar-refractivity contribution in [1.82, 2.24) is 4.16 Å². The standard InChI is InChI=1S/C13H17ClN2O2S/c1-9(2)8-11-4-6-12(7-5-11)10(3)13(17)18-19(14)16-15/h4-7,9-10H,8H2,1-3H3. The van der Waals surface area contributed by atoms with Crippen molar-refractivity contribution in [2.45, 2.75) is 33.1 Å². The van der Waals surface area contributed by atoms with Gasteiger partial charge < -0.3 is 9.71 Å². The van der Waals surface area contributed by atoms with Crippen molar-refractivity contribution in [1.29, 1.82) is 0 Å². The highest BCUT2D eigenvalue weighted by Gasteiger charge is 2.20. The van der Waals surface area contributed by atoms with Crippen LogP contribution in [-0.2, 0) is 25.6 Å². The third-order valence-electron chi connectivity index (χ3n) is 2.69. The van der Waals surface area contributed by atoms with Crippen LogP contribution >= 0.6 is 10.7 Å². The molecular weight excluding hydrogens is 284 g/mol. The van der Waals surface area contributed by atoms with Gasteiger partial charge in [0.1, 0.15) is 0 Å². The molecule has 0 N–H and O–H groups in total. The molecule has 0 bridgehead atoms. The van der Waals surface area contributed by atoms with Crippen molar-refractivity contribution in [2.75, 3.05) is 0 Å². The van der Waals surface area contributed by atoms with E-state index in [0.717, 1.165) is 12.0 Å². The van der Waals surface area contributed by atoms with E-state index < -0.39 is 22.1 Å². The maximum Gasteiger partial charge on any atom is 0.459 e. The highest BCUT2D eigenvalue weighted by atomic mass is 35.7. The largest absolute Gasteiger partial charge is 0.459 e. The molecule has 6 heteroatoms. The van der Waals surface area contributed by atoms with E-state index in [1.165, 1.54) is 5.56 Å². The average Bonchev–Trinajstić information content (AvgIpc) is 2.37. The summed E-state index contributed by atoms with van der Waals surface area (Å²) in [7, 11) is 3.83. The Kier molecular flexibility index (Phi) is 6.22. The molecule has 104 valence electrons. The van der Waals surface area contributed by atoms with Crippen molar-refractivity contribution in [3.63, 3.8) is 0 Å². The first-order valence-electron chi connectivity index (χ1n) is 6.00. The van der Waals surface area contributed by atoms with Crippen LogP contribution in [0.25, 0.3) is 5.53 Å². The zero-order chi connectivity index (χ0) is 14.4. The minimum Gasteiger partial charge on any atom is -0.346 e. The topological polar surface area (TPSA) is 62.7 Å². The SMILES string of the molecule is CC(C)Cc1ccc(C(C)C(=O)OS(Cl)=[N+]=[N-])cc1. The Morgan fingerprint density at radius 3 is 2.42 bits per heavy atom. The number of benzene rings is 1. The van der Waals surface area contributed by atoms with E-state index in [-0.39, 0.29) is 0 Å². The molecule has 0 saturated carbocycles. The van der Waals surface area contributed by atoms with Crippen LogP contribution in [0.4, 0.5) is 0 Å². The number of nitrogens with zero attached hydrogens (tertiary/aromatic N) is 2. The lowest BCUT2D eigenvalue weighted by atomic mass is 9.97. The first-order valence-corrected chi connectivity index (χ1v) is 7.94. The smallest absolute Gasteiger partial charge is 0.346 e. The molecule has 2 unspecified atom stereocenters. The number of hydrogen-bond donors (Lipinski definition) is 0. The van der Waals surface area contributed by atoms with Crippen molar-refractivity contribution in [3.8, 4) is 0 Å². The predicted molar refractivity (Wildman–Crippen MR) is 78.2 cm³/mol. The lowest BCUT2D eigenvalue weighted by Crippen LogP contribution is -2.13. The average molecular weight is 301 g/mol. The molecule has 19 heavy (non-hydrogen) atoms. The third-order valence-corrected chi connectivity index (χ3v) is 3.50. The Balaban J connectivity index is 2.74. The summed E-state index contributed by atoms with van der Waals surface area (Å²) in [6, 6.07) is 7.84. The van der Waals surface area contributed by atoms with Gasteiger partial charge in [0.25, 0.3) is 0 Å². The molecule has 4 nitrogen and oxygen atoms in total. The van der Waals surface area contributed by atoms with Crippen molar-refractivity contribution in [2.24, 2.45) is 5.92 Å². The monoisotopic (exact) mass is 300 g/mol. The fourth-order valence-electron chi connectivity index (χ4n) is 1.71. The second kappa shape index (κ2) is 7.43. The van der Waals surface area contributed by atoms with Crippen LogP contribution in [0.2, 0.25) is 0 Å². The van der Waals surface area contributed by atoms with Gasteiger partial charge in [-0.2, -0.15) is 0 Å². The van der Waals surface area contributed by atoms with Crippen LogP contribution in [0.1, 0.15) is 37.8 Å². The Labute approximate surface area is 120 Å². The van der Waals surface area contributed by atoms with Crippen LogP contribution < -0.4 is 4.16 Å². The summed E-state index contributed by atoms with van der Waals surface area (Å²) in [5.74, 6) is -0.353. The Morgan fingerprint density at radius 2 is 1.95 bits per heavy atom. The summed E-state index contributed by atoms with van der Waals surface area (Å²) in [5, 5.41) is 0. The first-order chi connectivity index (χ1) is 8.93. The van der Waals surface area contributed by atoms with Crippen molar-refractivity contribution < 1.29 is 8.98 Å². The molecule has 0 aliphatic carbocycles. The summed E-state index contributed by atoms with van der Waals surface area (Å²) in [6.45, 7) is 6.05. The van der Waals surface area contributed by atoms with Gasteiger partial charge in [0.2, 0.25) is 0 Å². The maximum atomic E-state index is 11.7. The first kappa shape index (κ1) is 15.9. The van der Waals surface area contributed by atoms with Crippen LogP contribution in [0.15, 0.2) is 24.3 Å². The van der Waals surface area contributed by atoms with E-state index in [1.807, 2.05) is 24.3 Å². The van der Waals surface area contributed by atoms with Crippen LogP contribution in [0.5, 0.6) is 0 Å². The van der Waals surface area contributed by atoms with Crippen LogP contribution in [0.3, 0.4) is 0 Å². The zero-order valence-corrected chi connectivity index (χ0v) is 12.7. The summed E-state index contributed by atoms with van der Waals surface area (Å²) in [5.41, 5.74) is 10.5. The van der Waals surface area contributed by atoms with Crippen LogP contribution in [-0.4, -0.2) is 5.97 Å². The molecule has 1 aromatic carbocycles. The van der Waals surface area contributed by atoms with E-state index in [4.69, 9.17) is 20.4 Å². The summed E-state index contributed by atoms with van der Waals surface area (Å²) >= 11 is 0. The molecule has 0 radical (unpaired) electrons. The van der Waals surface area contributed by atoms with E-state index >= 15 is 0 Å².